The maximum absolute atomic E-state index is 12.4. The molecular formula is C16H22N2O3S. The lowest BCUT2D eigenvalue weighted by atomic mass is 10.1. The van der Waals surface area contributed by atoms with Crippen LogP contribution in [0.15, 0.2) is 29.2 Å². The van der Waals surface area contributed by atoms with E-state index in [0.29, 0.717) is 18.5 Å². The SMILES string of the molecule is CC(O)CC1CCCN1CCS(=O)(=O)c1cccc(C#N)c1. The van der Waals surface area contributed by atoms with Gasteiger partial charge in [-0.1, -0.05) is 6.07 Å². The van der Waals surface area contributed by atoms with Crippen molar-refractivity contribution in [1.82, 2.24) is 4.90 Å². The Labute approximate surface area is 132 Å². The molecule has 120 valence electrons. The zero-order valence-corrected chi connectivity index (χ0v) is 13.6. The van der Waals surface area contributed by atoms with Crippen LogP contribution in [0.5, 0.6) is 0 Å². The largest absolute Gasteiger partial charge is 0.393 e. The molecule has 1 saturated heterocycles. The van der Waals surface area contributed by atoms with Gasteiger partial charge in [-0.3, -0.25) is 4.90 Å². The van der Waals surface area contributed by atoms with E-state index in [9.17, 15) is 13.5 Å². The zero-order chi connectivity index (χ0) is 16.2. The van der Waals surface area contributed by atoms with Crippen LogP contribution in [0.3, 0.4) is 0 Å². The van der Waals surface area contributed by atoms with Gasteiger partial charge in [0.15, 0.2) is 9.84 Å². The van der Waals surface area contributed by atoms with Crippen LogP contribution in [0, 0.1) is 11.3 Å². The Bertz CT molecular complexity index is 650. The summed E-state index contributed by atoms with van der Waals surface area (Å²) in [4.78, 5) is 2.36. The quantitative estimate of drug-likeness (QED) is 0.859. The van der Waals surface area contributed by atoms with Crippen molar-refractivity contribution < 1.29 is 13.5 Å². The highest BCUT2D eigenvalue weighted by atomic mass is 32.2. The first-order valence-electron chi connectivity index (χ1n) is 7.57. The van der Waals surface area contributed by atoms with Crippen LogP contribution in [-0.4, -0.2) is 49.4 Å². The second-order valence-electron chi connectivity index (χ2n) is 5.88. The molecule has 2 unspecified atom stereocenters. The molecule has 2 atom stereocenters. The van der Waals surface area contributed by atoms with Crippen LogP contribution in [0.2, 0.25) is 0 Å². The van der Waals surface area contributed by atoms with Crippen LogP contribution in [0.25, 0.3) is 0 Å². The average molecular weight is 322 g/mol. The Morgan fingerprint density at radius 2 is 2.27 bits per heavy atom. The van der Waals surface area contributed by atoms with E-state index in [2.05, 4.69) is 4.90 Å². The van der Waals surface area contributed by atoms with Gasteiger partial charge in [0.05, 0.1) is 28.4 Å². The molecule has 0 radical (unpaired) electrons. The summed E-state index contributed by atoms with van der Waals surface area (Å²) in [6.07, 6.45) is 2.37. The number of benzene rings is 1. The van der Waals surface area contributed by atoms with E-state index in [-0.39, 0.29) is 22.8 Å². The Morgan fingerprint density at radius 1 is 1.50 bits per heavy atom. The van der Waals surface area contributed by atoms with Crippen LogP contribution < -0.4 is 0 Å². The maximum Gasteiger partial charge on any atom is 0.179 e. The first-order valence-corrected chi connectivity index (χ1v) is 9.22. The third kappa shape index (κ3) is 4.29. The lowest BCUT2D eigenvalue weighted by molar-refractivity contribution is 0.137. The second kappa shape index (κ2) is 7.23. The molecule has 5 nitrogen and oxygen atoms in total. The molecule has 1 aromatic carbocycles. The standard InChI is InChI=1S/C16H22N2O3S/c1-13(19)10-15-5-3-7-18(15)8-9-22(20,21)16-6-2-4-14(11-16)12-17/h2,4,6,11,13,15,19H,3,5,7-10H2,1H3. The number of hydrogen-bond donors (Lipinski definition) is 1. The van der Waals surface area contributed by atoms with Crippen LogP contribution in [0.4, 0.5) is 0 Å². The van der Waals surface area contributed by atoms with E-state index < -0.39 is 9.84 Å². The summed E-state index contributed by atoms with van der Waals surface area (Å²) in [5.74, 6) is 0.0399. The van der Waals surface area contributed by atoms with E-state index in [4.69, 9.17) is 5.26 Å². The van der Waals surface area contributed by atoms with Crippen molar-refractivity contribution in [1.29, 1.82) is 5.26 Å². The maximum atomic E-state index is 12.4. The summed E-state index contributed by atoms with van der Waals surface area (Å²) in [6.45, 7) is 3.11. The molecule has 0 amide bonds. The zero-order valence-electron chi connectivity index (χ0n) is 12.8. The Kier molecular flexibility index (Phi) is 5.57. The summed E-state index contributed by atoms with van der Waals surface area (Å²) >= 11 is 0. The van der Waals surface area contributed by atoms with Gasteiger partial charge in [-0.25, -0.2) is 8.42 Å². The molecule has 1 aromatic rings. The molecule has 0 saturated carbocycles. The second-order valence-corrected chi connectivity index (χ2v) is 7.98. The molecule has 0 aromatic heterocycles. The van der Waals surface area contributed by atoms with Gasteiger partial charge in [0.2, 0.25) is 0 Å². The summed E-state index contributed by atoms with van der Waals surface area (Å²) in [5, 5.41) is 18.4. The molecule has 1 N–H and O–H groups in total. The van der Waals surface area contributed by atoms with Crippen molar-refractivity contribution in [3.8, 4) is 6.07 Å². The monoisotopic (exact) mass is 322 g/mol. The fraction of sp³-hybridized carbons (Fsp3) is 0.562. The van der Waals surface area contributed by atoms with Gasteiger partial charge >= 0.3 is 0 Å². The van der Waals surface area contributed by atoms with Gasteiger partial charge < -0.3 is 5.11 Å². The highest BCUT2D eigenvalue weighted by Gasteiger charge is 2.27. The molecule has 1 aliphatic heterocycles. The molecule has 1 heterocycles. The van der Waals surface area contributed by atoms with Crippen LogP contribution >= 0.6 is 0 Å². The molecule has 0 bridgehead atoms. The lowest BCUT2D eigenvalue weighted by Gasteiger charge is -2.25. The fourth-order valence-corrected chi connectivity index (χ4v) is 4.27. The lowest BCUT2D eigenvalue weighted by Crippen LogP contribution is -2.35. The molecule has 2 rings (SSSR count). The Hall–Kier alpha value is -1.42. The molecular weight excluding hydrogens is 300 g/mol. The summed E-state index contributed by atoms with van der Waals surface area (Å²) in [5.41, 5.74) is 0.356. The average Bonchev–Trinajstić information content (AvgIpc) is 2.92. The Morgan fingerprint density at radius 3 is 2.95 bits per heavy atom. The number of aliphatic hydroxyl groups is 1. The minimum absolute atomic E-state index is 0.0399. The van der Waals surface area contributed by atoms with Crippen molar-refractivity contribution >= 4 is 9.84 Å². The van der Waals surface area contributed by atoms with E-state index in [1.165, 1.54) is 12.1 Å². The van der Waals surface area contributed by atoms with Gasteiger partial charge in [-0.05, 0) is 50.9 Å². The van der Waals surface area contributed by atoms with Gasteiger partial charge in [-0.2, -0.15) is 5.26 Å². The molecule has 0 spiro atoms. The number of nitriles is 1. The molecule has 0 aliphatic carbocycles. The first kappa shape index (κ1) is 16.9. The first-order chi connectivity index (χ1) is 10.4. The van der Waals surface area contributed by atoms with Crippen LogP contribution in [-0.2, 0) is 9.84 Å². The summed E-state index contributed by atoms with van der Waals surface area (Å²) in [7, 11) is -3.39. The van der Waals surface area contributed by atoms with E-state index in [1.807, 2.05) is 6.07 Å². The third-order valence-corrected chi connectivity index (χ3v) is 5.77. The number of hydrogen-bond acceptors (Lipinski definition) is 5. The van der Waals surface area contributed by atoms with Crippen molar-refractivity contribution in [3.63, 3.8) is 0 Å². The number of sulfone groups is 1. The third-order valence-electron chi connectivity index (χ3n) is 4.08. The van der Waals surface area contributed by atoms with Gasteiger partial charge in [-0.15, -0.1) is 0 Å². The predicted octanol–water partition coefficient (Wildman–Crippen LogP) is 1.57. The summed E-state index contributed by atoms with van der Waals surface area (Å²) in [6, 6.07) is 8.38. The van der Waals surface area contributed by atoms with Crippen LogP contribution in [0.1, 0.15) is 31.7 Å². The smallest absolute Gasteiger partial charge is 0.179 e. The molecule has 6 heteroatoms. The van der Waals surface area contributed by atoms with Gasteiger partial charge in [0.1, 0.15) is 0 Å². The van der Waals surface area contributed by atoms with Crippen molar-refractivity contribution in [2.75, 3.05) is 18.8 Å². The van der Waals surface area contributed by atoms with Gasteiger partial charge in [0.25, 0.3) is 0 Å². The van der Waals surface area contributed by atoms with Crippen molar-refractivity contribution in [2.24, 2.45) is 0 Å². The van der Waals surface area contributed by atoms with Crippen molar-refractivity contribution in [2.45, 2.75) is 43.2 Å². The number of aliphatic hydroxyl groups excluding tert-OH is 1. The molecule has 1 fully saturated rings. The molecule has 22 heavy (non-hydrogen) atoms. The number of nitrogens with zero attached hydrogens (tertiary/aromatic N) is 2. The van der Waals surface area contributed by atoms with Gasteiger partial charge in [0, 0.05) is 12.6 Å². The van der Waals surface area contributed by atoms with E-state index in [0.717, 1.165) is 19.4 Å². The number of rotatable bonds is 6. The highest BCUT2D eigenvalue weighted by molar-refractivity contribution is 7.91. The van der Waals surface area contributed by atoms with E-state index >= 15 is 0 Å². The minimum Gasteiger partial charge on any atom is -0.393 e. The normalized spacial score (nSPS) is 20.7. The summed E-state index contributed by atoms with van der Waals surface area (Å²) < 4.78 is 24.8. The predicted molar refractivity (Wildman–Crippen MR) is 84.1 cm³/mol. The van der Waals surface area contributed by atoms with E-state index in [1.54, 1.807) is 19.1 Å². The fourth-order valence-electron chi connectivity index (χ4n) is 2.96. The molecule has 1 aliphatic rings. The van der Waals surface area contributed by atoms with Crippen molar-refractivity contribution in [3.05, 3.63) is 29.8 Å². The highest BCUT2D eigenvalue weighted by Crippen LogP contribution is 2.22. The minimum atomic E-state index is -3.39. The number of likely N-dealkylation sites (tertiary alicyclic amines) is 1. The topological polar surface area (TPSA) is 81.4 Å². The Balaban J connectivity index is 2.02.